The van der Waals surface area contributed by atoms with Gasteiger partial charge in [-0.3, -0.25) is 0 Å². The quantitative estimate of drug-likeness (QED) is 0.694. The number of aromatic nitrogens is 1. The van der Waals surface area contributed by atoms with Gasteiger partial charge in [-0.05, 0) is 11.6 Å². The first-order chi connectivity index (χ1) is 6.22. The summed E-state index contributed by atoms with van der Waals surface area (Å²) in [4.78, 5) is 2.76. The van der Waals surface area contributed by atoms with Gasteiger partial charge in [-0.15, -0.1) is 0 Å². The third-order valence-corrected chi connectivity index (χ3v) is 2.00. The minimum absolute atomic E-state index is 0.239. The smallest absolute Gasteiger partial charge is 0.135 e. The Morgan fingerprint density at radius 3 is 2.77 bits per heavy atom. The van der Waals surface area contributed by atoms with Crippen LogP contribution in [0.1, 0.15) is 5.56 Å². The second kappa shape index (κ2) is 2.81. The summed E-state index contributed by atoms with van der Waals surface area (Å²) >= 11 is 0. The SMILES string of the molecule is NCc1c[nH]c2cc(F)cc(F)c12. The van der Waals surface area contributed by atoms with Crippen molar-refractivity contribution in [1.82, 2.24) is 4.98 Å². The lowest BCUT2D eigenvalue weighted by Gasteiger charge is -1.96. The Morgan fingerprint density at radius 2 is 2.08 bits per heavy atom. The lowest BCUT2D eigenvalue weighted by molar-refractivity contribution is 0.591. The predicted octanol–water partition coefficient (Wildman–Crippen LogP) is 1.90. The Bertz CT molecular complexity index is 448. The summed E-state index contributed by atoms with van der Waals surface area (Å²) in [5.74, 6) is -1.16. The summed E-state index contributed by atoms with van der Waals surface area (Å²) < 4.78 is 25.9. The fourth-order valence-corrected chi connectivity index (χ4v) is 1.41. The van der Waals surface area contributed by atoms with Gasteiger partial charge in [0.1, 0.15) is 11.6 Å². The van der Waals surface area contributed by atoms with Crippen molar-refractivity contribution in [2.75, 3.05) is 0 Å². The van der Waals surface area contributed by atoms with E-state index in [1.165, 1.54) is 6.07 Å². The maximum Gasteiger partial charge on any atom is 0.135 e. The molecular weight excluding hydrogens is 174 g/mol. The number of hydrogen-bond acceptors (Lipinski definition) is 1. The molecule has 0 unspecified atom stereocenters. The molecule has 0 amide bonds. The zero-order valence-electron chi connectivity index (χ0n) is 6.77. The van der Waals surface area contributed by atoms with Gasteiger partial charge in [0.2, 0.25) is 0 Å². The highest BCUT2D eigenvalue weighted by atomic mass is 19.1. The fourth-order valence-electron chi connectivity index (χ4n) is 1.41. The molecule has 13 heavy (non-hydrogen) atoms. The number of H-pyrrole nitrogens is 1. The molecule has 0 aliphatic heterocycles. The van der Waals surface area contributed by atoms with E-state index in [9.17, 15) is 8.78 Å². The van der Waals surface area contributed by atoms with Crippen LogP contribution in [-0.2, 0) is 6.54 Å². The number of rotatable bonds is 1. The summed E-state index contributed by atoms with van der Waals surface area (Å²) in [6, 6.07) is 2.10. The monoisotopic (exact) mass is 182 g/mol. The Labute approximate surface area is 73.4 Å². The van der Waals surface area contributed by atoms with Crippen molar-refractivity contribution in [1.29, 1.82) is 0 Å². The van der Waals surface area contributed by atoms with Crippen molar-refractivity contribution in [2.24, 2.45) is 5.73 Å². The first-order valence-electron chi connectivity index (χ1n) is 3.87. The van der Waals surface area contributed by atoms with Crippen molar-refractivity contribution in [3.05, 3.63) is 35.5 Å². The minimum atomic E-state index is -0.588. The highest BCUT2D eigenvalue weighted by Gasteiger charge is 2.08. The molecule has 3 N–H and O–H groups in total. The second-order valence-corrected chi connectivity index (χ2v) is 2.83. The molecule has 2 aromatic rings. The van der Waals surface area contributed by atoms with E-state index in [4.69, 9.17) is 5.73 Å². The first kappa shape index (κ1) is 8.19. The van der Waals surface area contributed by atoms with Crippen molar-refractivity contribution in [3.63, 3.8) is 0 Å². The number of hydrogen-bond donors (Lipinski definition) is 2. The van der Waals surface area contributed by atoms with E-state index in [-0.39, 0.29) is 6.54 Å². The van der Waals surface area contributed by atoms with Crippen LogP contribution in [-0.4, -0.2) is 4.98 Å². The van der Waals surface area contributed by atoms with E-state index < -0.39 is 11.6 Å². The van der Waals surface area contributed by atoms with Crippen LogP contribution in [0.5, 0.6) is 0 Å². The van der Waals surface area contributed by atoms with Gasteiger partial charge in [0.15, 0.2) is 0 Å². The van der Waals surface area contributed by atoms with E-state index >= 15 is 0 Å². The van der Waals surface area contributed by atoms with E-state index in [0.717, 1.165) is 6.07 Å². The highest BCUT2D eigenvalue weighted by molar-refractivity contribution is 5.83. The van der Waals surface area contributed by atoms with Crippen LogP contribution in [0.2, 0.25) is 0 Å². The topological polar surface area (TPSA) is 41.8 Å². The Balaban J connectivity index is 2.82. The Morgan fingerprint density at radius 1 is 1.31 bits per heavy atom. The minimum Gasteiger partial charge on any atom is -0.361 e. The summed E-state index contributed by atoms with van der Waals surface area (Å²) in [6.07, 6.45) is 1.59. The molecule has 0 atom stereocenters. The van der Waals surface area contributed by atoms with Crippen molar-refractivity contribution in [2.45, 2.75) is 6.54 Å². The molecule has 2 nitrogen and oxygen atoms in total. The molecule has 2 rings (SSSR count). The molecule has 4 heteroatoms. The predicted molar refractivity (Wildman–Crippen MR) is 46.1 cm³/mol. The first-order valence-corrected chi connectivity index (χ1v) is 3.87. The molecule has 0 saturated carbocycles. The van der Waals surface area contributed by atoms with Gasteiger partial charge in [0.05, 0.1) is 5.52 Å². The molecule has 0 aliphatic carbocycles. The molecule has 0 aliphatic rings. The summed E-state index contributed by atoms with van der Waals surface area (Å²) in [5.41, 5.74) is 6.49. The lowest BCUT2D eigenvalue weighted by atomic mass is 10.1. The highest BCUT2D eigenvalue weighted by Crippen LogP contribution is 2.22. The molecular formula is C9H8F2N2. The summed E-state index contributed by atoms with van der Waals surface area (Å²) in [5, 5.41) is 0.379. The maximum atomic E-state index is 13.2. The zero-order valence-corrected chi connectivity index (χ0v) is 6.77. The van der Waals surface area contributed by atoms with Gasteiger partial charge in [-0.25, -0.2) is 8.78 Å². The second-order valence-electron chi connectivity index (χ2n) is 2.83. The third-order valence-electron chi connectivity index (χ3n) is 2.00. The molecule has 68 valence electrons. The van der Waals surface area contributed by atoms with Crippen LogP contribution in [0.15, 0.2) is 18.3 Å². The van der Waals surface area contributed by atoms with Crippen LogP contribution >= 0.6 is 0 Å². The maximum absolute atomic E-state index is 13.2. The molecule has 0 bridgehead atoms. The Kier molecular flexibility index (Phi) is 1.77. The molecule has 1 aromatic carbocycles. The number of benzene rings is 1. The normalized spacial score (nSPS) is 11.0. The average Bonchev–Trinajstić information content (AvgIpc) is 2.47. The van der Waals surface area contributed by atoms with Crippen molar-refractivity contribution in [3.8, 4) is 0 Å². The molecule has 0 radical (unpaired) electrons. The fraction of sp³-hybridized carbons (Fsp3) is 0.111. The van der Waals surface area contributed by atoms with E-state index in [1.807, 2.05) is 0 Å². The van der Waals surface area contributed by atoms with Gasteiger partial charge < -0.3 is 10.7 Å². The van der Waals surface area contributed by atoms with Crippen LogP contribution in [0.3, 0.4) is 0 Å². The molecule has 0 saturated heterocycles. The molecule has 1 heterocycles. The number of nitrogens with two attached hydrogens (primary N) is 1. The number of halogens is 2. The van der Waals surface area contributed by atoms with Gasteiger partial charge >= 0.3 is 0 Å². The number of fused-ring (bicyclic) bond motifs is 1. The standard InChI is InChI=1S/C9H8F2N2/c10-6-1-7(11)9-5(3-12)4-13-8(9)2-6/h1-2,4,13H,3,12H2. The molecule has 1 aromatic heterocycles. The van der Waals surface area contributed by atoms with Crippen LogP contribution in [0.25, 0.3) is 10.9 Å². The van der Waals surface area contributed by atoms with Gasteiger partial charge in [0, 0.05) is 24.2 Å². The molecule has 0 spiro atoms. The van der Waals surface area contributed by atoms with Crippen LogP contribution < -0.4 is 5.73 Å². The van der Waals surface area contributed by atoms with E-state index in [2.05, 4.69) is 4.98 Å². The zero-order chi connectivity index (χ0) is 9.42. The van der Waals surface area contributed by atoms with Gasteiger partial charge in [0.25, 0.3) is 0 Å². The number of aromatic amines is 1. The van der Waals surface area contributed by atoms with Gasteiger partial charge in [-0.2, -0.15) is 0 Å². The van der Waals surface area contributed by atoms with Gasteiger partial charge in [-0.1, -0.05) is 0 Å². The Hall–Kier alpha value is -1.42. The molecule has 0 fully saturated rings. The summed E-state index contributed by atoms with van der Waals surface area (Å²) in [7, 11) is 0. The lowest BCUT2D eigenvalue weighted by Crippen LogP contribution is -1.95. The van der Waals surface area contributed by atoms with Crippen LogP contribution in [0, 0.1) is 11.6 Å². The summed E-state index contributed by atoms with van der Waals surface area (Å²) in [6.45, 7) is 0.239. The van der Waals surface area contributed by atoms with E-state index in [0.29, 0.717) is 16.5 Å². The number of nitrogens with one attached hydrogen (secondary N) is 1. The van der Waals surface area contributed by atoms with Crippen LogP contribution in [0.4, 0.5) is 8.78 Å². The van der Waals surface area contributed by atoms with E-state index in [1.54, 1.807) is 6.20 Å². The van der Waals surface area contributed by atoms with Crippen molar-refractivity contribution >= 4 is 10.9 Å². The average molecular weight is 182 g/mol. The third kappa shape index (κ3) is 1.19. The largest absolute Gasteiger partial charge is 0.361 e. The van der Waals surface area contributed by atoms with Crippen molar-refractivity contribution < 1.29 is 8.78 Å².